The van der Waals surface area contributed by atoms with Crippen LogP contribution < -0.4 is 5.32 Å². The van der Waals surface area contributed by atoms with Gasteiger partial charge in [-0.15, -0.1) is 0 Å². The second-order valence-corrected chi connectivity index (χ2v) is 5.23. The van der Waals surface area contributed by atoms with E-state index < -0.39 is 0 Å². The Morgan fingerprint density at radius 2 is 1.90 bits per heavy atom. The third-order valence-electron chi connectivity index (χ3n) is 3.24. The Hall–Kier alpha value is -1.80. The SMILES string of the molecule is CCc1cccc(C(=O)C(C)Nc2ccc(Cl)cc2)c1. The summed E-state index contributed by atoms with van der Waals surface area (Å²) in [7, 11) is 0. The molecule has 0 aliphatic heterocycles. The van der Waals surface area contributed by atoms with Crippen molar-refractivity contribution in [2.75, 3.05) is 5.32 Å². The smallest absolute Gasteiger partial charge is 0.184 e. The standard InChI is InChI=1S/C17H18ClNO/c1-3-13-5-4-6-14(11-13)17(20)12(2)19-16-9-7-15(18)8-10-16/h4-12,19H,3H2,1-2H3. The number of nitrogens with one attached hydrogen (secondary N) is 1. The Bertz CT molecular complexity index is 592. The second-order valence-electron chi connectivity index (χ2n) is 4.79. The van der Waals surface area contributed by atoms with Crippen LogP contribution in [0, 0.1) is 0 Å². The summed E-state index contributed by atoms with van der Waals surface area (Å²) in [6.07, 6.45) is 0.931. The molecule has 0 radical (unpaired) electrons. The molecule has 2 rings (SSSR count). The number of carbonyl (C=O) groups is 1. The average Bonchev–Trinajstić information content (AvgIpc) is 2.48. The van der Waals surface area contributed by atoms with E-state index >= 15 is 0 Å². The first kappa shape index (κ1) is 14.6. The lowest BCUT2D eigenvalue weighted by atomic mass is 10.0. The number of ketones is 1. The van der Waals surface area contributed by atoms with Crippen LogP contribution in [0.3, 0.4) is 0 Å². The lowest BCUT2D eigenvalue weighted by Crippen LogP contribution is -2.26. The van der Waals surface area contributed by atoms with E-state index in [2.05, 4.69) is 12.2 Å². The van der Waals surface area contributed by atoms with Crippen molar-refractivity contribution in [3.8, 4) is 0 Å². The van der Waals surface area contributed by atoms with Crippen molar-refractivity contribution in [1.82, 2.24) is 0 Å². The first-order valence-corrected chi connectivity index (χ1v) is 7.13. The van der Waals surface area contributed by atoms with Gasteiger partial charge in [0.15, 0.2) is 5.78 Å². The maximum Gasteiger partial charge on any atom is 0.184 e. The molecule has 0 heterocycles. The van der Waals surface area contributed by atoms with Gasteiger partial charge in [-0.05, 0) is 49.2 Å². The lowest BCUT2D eigenvalue weighted by molar-refractivity contribution is 0.0975. The molecular formula is C17H18ClNO. The van der Waals surface area contributed by atoms with E-state index in [1.54, 1.807) is 12.1 Å². The van der Waals surface area contributed by atoms with Crippen molar-refractivity contribution in [2.24, 2.45) is 0 Å². The highest BCUT2D eigenvalue weighted by Crippen LogP contribution is 2.16. The lowest BCUT2D eigenvalue weighted by Gasteiger charge is -2.14. The molecule has 2 aromatic rings. The van der Waals surface area contributed by atoms with Crippen LogP contribution >= 0.6 is 11.6 Å². The van der Waals surface area contributed by atoms with Crippen molar-refractivity contribution >= 4 is 23.1 Å². The largest absolute Gasteiger partial charge is 0.375 e. The van der Waals surface area contributed by atoms with Gasteiger partial charge >= 0.3 is 0 Å². The Morgan fingerprint density at radius 3 is 2.55 bits per heavy atom. The fourth-order valence-electron chi connectivity index (χ4n) is 2.06. The topological polar surface area (TPSA) is 29.1 Å². The Kier molecular flexibility index (Phi) is 4.80. The van der Waals surface area contributed by atoms with E-state index in [0.29, 0.717) is 5.02 Å². The maximum absolute atomic E-state index is 12.4. The maximum atomic E-state index is 12.4. The van der Waals surface area contributed by atoms with Gasteiger partial charge < -0.3 is 5.32 Å². The number of hydrogen-bond acceptors (Lipinski definition) is 2. The molecule has 20 heavy (non-hydrogen) atoms. The van der Waals surface area contributed by atoms with Crippen LogP contribution in [0.4, 0.5) is 5.69 Å². The Balaban J connectivity index is 2.09. The summed E-state index contributed by atoms with van der Waals surface area (Å²) in [6, 6.07) is 14.9. The first-order valence-electron chi connectivity index (χ1n) is 6.75. The summed E-state index contributed by atoms with van der Waals surface area (Å²) < 4.78 is 0. The monoisotopic (exact) mass is 287 g/mol. The number of hydrogen-bond donors (Lipinski definition) is 1. The predicted molar refractivity (Wildman–Crippen MR) is 84.7 cm³/mol. The molecule has 0 bridgehead atoms. The average molecular weight is 288 g/mol. The molecule has 1 unspecified atom stereocenters. The summed E-state index contributed by atoms with van der Waals surface area (Å²) in [5.41, 5.74) is 2.81. The highest BCUT2D eigenvalue weighted by Gasteiger charge is 2.15. The molecule has 2 aromatic carbocycles. The Morgan fingerprint density at radius 1 is 1.20 bits per heavy atom. The van der Waals surface area contributed by atoms with Crippen LogP contribution in [0.1, 0.15) is 29.8 Å². The van der Waals surface area contributed by atoms with Crippen molar-refractivity contribution in [3.05, 3.63) is 64.7 Å². The van der Waals surface area contributed by atoms with E-state index in [4.69, 9.17) is 11.6 Å². The molecule has 1 atom stereocenters. The quantitative estimate of drug-likeness (QED) is 0.815. The van der Waals surface area contributed by atoms with Crippen molar-refractivity contribution in [1.29, 1.82) is 0 Å². The van der Waals surface area contributed by atoms with Crippen molar-refractivity contribution in [2.45, 2.75) is 26.3 Å². The van der Waals surface area contributed by atoms with Gasteiger partial charge in [0.25, 0.3) is 0 Å². The van der Waals surface area contributed by atoms with Crippen LogP contribution in [-0.2, 0) is 6.42 Å². The molecule has 0 saturated carbocycles. The fourth-order valence-corrected chi connectivity index (χ4v) is 2.18. The Labute approximate surface area is 124 Å². The molecule has 3 heteroatoms. The third-order valence-corrected chi connectivity index (χ3v) is 3.49. The number of aryl methyl sites for hydroxylation is 1. The van der Waals surface area contributed by atoms with Gasteiger partial charge in [0, 0.05) is 16.3 Å². The molecule has 2 nitrogen and oxygen atoms in total. The van der Waals surface area contributed by atoms with E-state index in [9.17, 15) is 4.79 Å². The molecule has 0 amide bonds. The van der Waals surface area contributed by atoms with E-state index in [0.717, 1.165) is 17.7 Å². The van der Waals surface area contributed by atoms with Crippen LogP contribution in [0.2, 0.25) is 5.02 Å². The van der Waals surface area contributed by atoms with Crippen LogP contribution in [0.15, 0.2) is 48.5 Å². The number of rotatable bonds is 5. The van der Waals surface area contributed by atoms with Gasteiger partial charge in [-0.25, -0.2) is 0 Å². The van der Waals surface area contributed by atoms with Gasteiger partial charge in [-0.3, -0.25) is 4.79 Å². The van der Waals surface area contributed by atoms with Crippen LogP contribution in [-0.4, -0.2) is 11.8 Å². The minimum atomic E-state index is -0.275. The molecular weight excluding hydrogens is 270 g/mol. The molecule has 0 spiro atoms. The summed E-state index contributed by atoms with van der Waals surface area (Å²) in [5.74, 6) is 0.0928. The van der Waals surface area contributed by atoms with Gasteiger partial charge in [0.2, 0.25) is 0 Å². The minimum absolute atomic E-state index is 0.0928. The number of benzene rings is 2. The fraction of sp³-hybridized carbons (Fsp3) is 0.235. The number of anilines is 1. The normalized spacial score (nSPS) is 11.9. The molecule has 0 aliphatic rings. The van der Waals surface area contributed by atoms with E-state index in [1.807, 2.05) is 43.3 Å². The number of Topliss-reactive ketones (excluding diaryl/α,β-unsaturated/α-hetero) is 1. The number of halogens is 1. The highest BCUT2D eigenvalue weighted by molar-refractivity contribution is 6.30. The van der Waals surface area contributed by atoms with Crippen molar-refractivity contribution in [3.63, 3.8) is 0 Å². The van der Waals surface area contributed by atoms with Crippen LogP contribution in [0.25, 0.3) is 0 Å². The van der Waals surface area contributed by atoms with E-state index in [-0.39, 0.29) is 11.8 Å². The second kappa shape index (κ2) is 6.58. The van der Waals surface area contributed by atoms with Crippen LogP contribution in [0.5, 0.6) is 0 Å². The first-order chi connectivity index (χ1) is 9.60. The van der Waals surface area contributed by atoms with Gasteiger partial charge in [0.1, 0.15) is 0 Å². The van der Waals surface area contributed by atoms with E-state index in [1.165, 1.54) is 5.56 Å². The molecule has 0 aliphatic carbocycles. The zero-order chi connectivity index (χ0) is 14.5. The summed E-state index contributed by atoms with van der Waals surface area (Å²) >= 11 is 5.85. The molecule has 0 saturated heterocycles. The van der Waals surface area contributed by atoms with Gasteiger partial charge in [-0.2, -0.15) is 0 Å². The summed E-state index contributed by atoms with van der Waals surface area (Å²) in [5, 5.41) is 3.88. The summed E-state index contributed by atoms with van der Waals surface area (Å²) in [6.45, 7) is 3.95. The third kappa shape index (κ3) is 3.61. The minimum Gasteiger partial charge on any atom is -0.375 e. The zero-order valence-electron chi connectivity index (χ0n) is 11.7. The predicted octanol–water partition coefficient (Wildman–Crippen LogP) is 4.59. The summed E-state index contributed by atoms with van der Waals surface area (Å²) in [4.78, 5) is 12.4. The van der Waals surface area contributed by atoms with Gasteiger partial charge in [-0.1, -0.05) is 36.7 Å². The van der Waals surface area contributed by atoms with Gasteiger partial charge in [0.05, 0.1) is 6.04 Å². The number of carbonyl (C=O) groups excluding carboxylic acids is 1. The molecule has 0 aromatic heterocycles. The highest BCUT2D eigenvalue weighted by atomic mass is 35.5. The molecule has 1 N–H and O–H groups in total. The van der Waals surface area contributed by atoms with Crippen molar-refractivity contribution < 1.29 is 4.79 Å². The molecule has 104 valence electrons. The molecule has 0 fully saturated rings. The zero-order valence-corrected chi connectivity index (χ0v) is 12.4.